The van der Waals surface area contributed by atoms with Crippen molar-refractivity contribution in [1.29, 1.82) is 0 Å². The number of nitrogens with zero attached hydrogens (tertiary/aromatic N) is 3. The Morgan fingerprint density at radius 2 is 1.70 bits per heavy atom. The quantitative estimate of drug-likeness (QED) is 0.449. The molecule has 4 aromatic rings. The minimum Gasteiger partial charge on any atom is -0.343 e. The molecule has 1 aromatic heterocycles. The number of rotatable bonds is 7. The maximum Gasteiger partial charge on any atom is 0.263 e. The van der Waals surface area contributed by atoms with E-state index in [2.05, 4.69) is 5.32 Å². The lowest BCUT2D eigenvalue weighted by Crippen LogP contribution is -2.33. The Morgan fingerprint density at radius 1 is 1.00 bits per heavy atom. The van der Waals surface area contributed by atoms with Gasteiger partial charge in [-0.05, 0) is 61.9 Å². The Labute approximate surface area is 191 Å². The lowest BCUT2D eigenvalue weighted by atomic mass is 10.1. The highest BCUT2D eigenvalue weighted by Crippen LogP contribution is 2.19. The number of amides is 1. The lowest BCUT2D eigenvalue weighted by molar-refractivity contribution is 0.102. The van der Waals surface area contributed by atoms with Crippen LogP contribution in [0, 0.1) is 5.82 Å². The third-order valence-corrected chi connectivity index (χ3v) is 5.53. The fourth-order valence-corrected chi connectivity index (χ4v) is 3.74. The van der Waals surface area contributed by atoms with Gasteiger partial charge in [-0.2, -0.15) is 0 Å². The van der Waals surface area contributed by atoms with Crippen LogP contribution in [0.25, 0.3) is 10.9 Å². The molecule has 0 aliphatic carbocycles. The molecule has 0 fully saturated rings. The van der Waals surface area contributed by atoms with Crippen LogP contribution in [-0.2, 0) is 6.54 Å². The van der Waals surface area contributed by atoms with Gasteiger partial charge in [0.25, 0.3) is 11.5 Å². The lowest BCUT2D eigenvalue weighted by Gasteiger charge is -2.24. The molecule has 0 unspecified atom stereocenters. The van der Waals surface area contributed by atoms with Gasteiger partial charge in [0, 0.05) is 24.3 Å². The molecule has 3 aromatic carbocycles. The van der Waals surface area contributed by atoms with Crippen molar-refractivity contribution in [3.8, 4) is 0 Å². The van der Waals surface area contributed by atoms with Crippen LogP contribution in [0.15, 0.2) is 77.6 Å². The molecule has 0 atom stereocenters. The Bertz CT molecular complexity index is 1330. The van der Waals surface area contributed by atoms with E-state index in [1.807, 2.05) is 49.1 Å². The summed E-state index contributed by atoms with van der Waals surface area (Å²) in [5.74, 6) is -0.167. The van der Waals surface area contributed by atoms with Gasteiger partial charge in [0.1, 0.15) is 5.82 Å². The number of benzene rings is 3. The highest BCUT2D eigenvalue weighted by Gasteiger charge is 2.17. The molecule has 0 aliphatic rings. The minimum atomic E-state index is -0.376. The first-order valence-electron chi connectivity index (χ1n) is 10.9. The number of hydrogen-bond donors (Lipinski definition) is 1. The molecule has 0 aliphatic heterocycles. The van der Waals surface area contributed by atoms with Crippen molar-refractivity contribution in [2.45, 2.75) is 20.4 Å². The highest BCUT2D eigenvalue weighted by atomic mass is 19.1. The monoisotopic (exact) mass is 444 g/mol. The van der Waals surface area contributed by atoms with Crippen molar-refractivity contribution < 1.29 is 9.18 Å². The van der Waals surface area contributed by atoms with Crippen LogP contribution >= 0.6 is 0 Å². The summed E-state index contributed by atoms with van der Waals surface area (Å²) in [6, 6.07) is 20.2. The molecule has 1 N–H and O–H groups in total. The van der Waals surface area contributed by atoms with E-state index in [4.69, 9.17) is 4.98 Å². The van der Waals surface area contributed by atoms with Crippen molar-refractivity contribution in [2.75, 3.05) is 23.3 Å². The van der Waals surface area contributed by atoms with Crippen molar-refractivity contribution in [3.05, 3.63) is 100 Å². The number of halogens is 1. The molecule has 1 amide bonds. The molecule has 7 heteroatoms. The van der Waals surface area contributed by atoms with Crippen LogP contribution in [0.1, 0.15) is 29.8 Å². The zero-order valence-electron chi connectivity index (χ0n) is 18.6. The Morgan fingerprint density at radius 3 is 2.36 bits per heavy atom. The van der Waals surface area contributed by atoms with Crippen molar-refractivity contribution in [2.24, 2.45) is 0 Å². The molecule has 0 bridgehead atoms. The standard InChI is InChI=1S/C26H25FN4O2/c1-3-30(4-2)26-29-23-16-19(24(32)28-21-13-11-20(27)12-14-21)10-15-22(23)25(33)31(26)17-18-8-6-5-7-9-18/h5-16H,3-4,17H2,1-2H3,(H,28,32). The van der Waals surface area contributed by atoms with Gasteiger partial charge in [0.2, 0.25) is 5.95 Å². The SMILES string of the molecule is CCN(CC)c1nc2cc(C(=O)Nc3ccc(F)cc3)ccc2c(=O)n1Cc1ccccc1. The molecule has 168 valence electrons. The zero-order chi connectivity index (χ0) is 23.4. The van der Waals surface area contributed by atoms with Gasteiger partial charge in [-0.3, -0.25) is 14.2 Å². The van der Waals surface area contributed by atoms with E-state index in [1.165, 1.54) is 24.3 Å². The molecular weight excluding hydrogens is 419 g/mol. The van der Waals surface area contributed by atoms with Gasteiger partial charge in [-0.1, -0.05) is 30.3 Å². The second-order valence-corrected chi connectivity index (χ2v) is 7.65. The highest BCUT2D eigenvalue weighted by molar-refractivity contribution is 6.06. The second-order valence-electron chi connectivity index (χ2n) is 7.65. The van der Waals surface area contributed by atoms with Crippen LogP contribution in [-0.4, -0.2) is 28.5 Å². The predicted octanol–water partition coefficient (Wildman–Crippen LogP) is 4.68. The number of carbonyl (C=O) groups excluding carboxylic acids is 1. The van der Waals surface area contributed by atoms with Crippen LogP contribution in [0.4, 0.5) is 16.0 Å². The second kappa shape index (κ2) is 9.65. The molecule has 0 spiro atoms. The molecule has 0 saturated carbocycles. The van der Waals surface area contributed by atoms with E-state index < -0.39 is 0 Å². The molecule has 33 heavy (non-hydrogen) atoms. The first-order valence-corrected chi connectivity index (χ1v) is 10.9. The molecule has 0 saturated heterocycles. The number of fused-ring (bicyclic) bond motifs is 1. The van der Waals surface area contributed by atoms with Crippen molar-refractivity contribution >= 4 is 28.4 Å². The van der Waals surface area contributed by atoms with E-state index in [-0.39, 0.29) is 17.3 Å². The fraction of sp³-hybridized carbons (Fsp3) is 0.192. The summed E-state index contributed by atoms with van der Waals surface area (Å²) in [6.45, 7) is 5.81. The summed E-state index contributed by atoms with van der Waals surface area (Å²) in [6.07, 6.45) is 0. The summed E-state index contributed by atoms with van der Waals surface area (Å²) in [5.41, 5.74) is 2.15. The largest absolute Gasteiger partial charge is 0.343 e. The Kier molecular flexibility index (Phi) is 6.49. The van der Waals surface area contributed by atoms with Crippen molar-refractivity contribution in [3.63, 3.8) is 0 Å². The van der Waals surface area contributed by atoms with Gasteiger partial charge >= 0.3 is 0 Å². The van der Waals surface area contributed by atoms with E-state index in [9.17, 15) is 14.0 Å². The normalized spacial score (nSPS) is 10.9. The van der Waals surface area contributed by atoms with E-state index in [0.29, 0.717) is 47.7 Å². The third kappa shape index (κ3) is 4.77. The van der Waals surface area contributed by atoms with Gasteiger partial charge in [0.05, 0.1) is 17.4 Å². The summed E-state index contributed by atoms with van der Waals surface area (Å²) >= 11 is 0. The van der Waals surface area contributed by atoms with Crippen LogP contribution in [0.5, 0.6) is 0 Å². The molecule has 4 rings (SSSR count). The van der Waals surface area contributed by atoms with Gasteiger partial charge in [-0.25, -0.2) is 9.37 Å². The summed E-state index contributed by atoms with van der Waals surface area (Å²) in [4.78, 5) is 33.0. The smallest absolute Gasteiger partial charge is 0.263 e. The maximum absolute atomic E-state index is 13.5. The van der Waals surface area contributed by atoms with E-state index in [0.717, 1.165) is 5.56 Å². The van der Waals surface area contributed by atoms with Crippen LogP contribution in [0.3, 0.4) is 0 Å². The van der Waals surface area contributed by atoms with Crippen LogP contribution < -0.4 is 15.8 Å². The number of carbonyl (C=O) groups is 1. The number of anilines is 2. The maximum atomic E-state index is 13.5. The van der Waals surface area contributed by atoms with Crippen LogP contribution in [0.2, 0.25) is 0 Å². The summed E-state index contributed by atoms with van der Waals surface area (Å²) in [7, 11) is 0. The molecular formula is C26H25FN4O2. The van der Waals surface area contributed by atoms with Crippen molar-refractivity contribution in [1.82, 2.24) is 9.55 Å². The average Bonchev–Trinajstić information content (AvgIpc) is 2.84. The minimum absolute atomic E-state index is 0.156. The Balaban J connectivity index is 1.76. The molecule has 0 radical (unpaired) electrons. The summed E-state index contributed by atoms with van der Waals surface area (Å²) < 4.78 is 14.8. The fourth-order valence-electron chi connectivity index (χ4n) is 3.74. The first kappa shape index (κ1) is 22.2. The Hall–Kier alpha value is -4.00. The van der Waals surface area contributed by atoms with Gasteiger partial charge in [0.15, 0.2) is 0 Å². The first-order chi connectivity index (χ1) is 16.0. The van der Waals surface area contributed by atoms with Gasteiger partial charge < -0.3 is 10.2 Å². The topological polar surface area (TPSA) is 67.2 Å². The average molecular weight is 445 g/mol. The number of nitrogens with one attached hydrogen (secondary N) is 1. The third-order valence-electron chi connectivity index (χ3n) is 5.53. The van der Waals surface area contributed by atoms with E-state index in [1.54, 1.807) is 22.8 Å². The molecule has 1 heterocycles. The number of aromatic nitrogens is 2. The number of hydrogen-bond acceptors (Lipinski definition) is 4. The van der Waals surface area contributed by atoms with E-state index >= 15 is 0 Å². The van der Waals surface area contributed by atoms with Gasteiger partial charge in [-0.15, -0.1) is 0 Å². The predicted molar refractivity (Wildman–Crippen MR) is 129 cm³/mol. The zero-order valence-corrected chi connectivity index (χ0v) is 18.6. The molecule has 6 nitrogen and oxygen atoms in total. The summed E-state index contributed by atoms with van der Waals surface area (Å²) in [5, 5.41) is 3.19.